The standard InChI is InChI=1S/C20H25N3O3S/c1-26-18-6-3-2-5-16(18)17-13-21-10-11-23(17)19(24)7-4-9-22-20(25)15-8-12-27-14-15/h2-3,5-6,8,12,14,17,21H,4,7,9-11,13H2,1H3,(H,22,25). The number of amides is 2. The fourth-order valence-electron chi connectivity index (χ4n) is 3.30. The summed E-state index contributed by atoms with van der Waals surface area (Å²) in [6, 6.07) is 9.59. The first kappa shape index (κ1) is 19.4. The van der Waals surface area contributed by atoms with E-state index in [9.17, 15) is 9.59 Å². The number of piperazine rings is 1. The molecular formula is C20H25N3O3S. The summed E-state index contributed by atoms with van der Waals surface area (Å²) in [4.78, 5) is 26.7. The molecule has 2 heterocycles. The van der Waals surface area contributed by atoms with Crippen LogP contribution in [0.5, 0.6) is 5.75 Å². The van der Waals surface area contributed by atoms with E-state index in [1.54, 1.807) is 13.2 Å². The second kappa shape index (κ2) is 9.53. The van der Waals surface area contributed by atoms with Crippen molar-refractivity contribution < 1.29 is 14.3 Å². The normalized spacial score (nSPS) is 16.8. The molecule has 0 radical (unpaired) electrons. The van der Waals surface area contributed by atoms with Gasteiger partial charge in [-0.2, -0.15) is 11.3 Å². The van der Waals surface area contributed by atoms with Gasteiger partial charge in [0.1, 0.15) is 5.75 Å². The van der Waals surface area contributed by atoms with Crippen molar-refractivity contribution in [3.8, 4) is 5.75 Å². The van der Waals surface area contributed by atoms with Gasteiger partial charge in [0.05, 0.1) is 13.2 Å². The molecule has 1 saturated heterocycles. The summed E-state index contributed by atoms with van der Waals surface area (Å²) in [5.41, 5.74) is 1.69. The molecule has 0 spiro atoms. The smallest absolute Gasteiger partial charge is 0.252 e. The lowest BCUT2D eigenvalue weighted by Crippen LogP contribution is -2.48. The highest BCUT2D eigenvalue weighted by molar-refractivity contribution is 7.08. The molecule has 1 atom stereocenters. The van der Waals surface area contributed by atoms with Crippen LogP contribution in [0.15, 0.2) is 41.1 Å². The van der Waals surface area contributed by atoms with E-state index in [1.165, 1.54) is 11.3 Å². The molecule has 1 aromatic carbocycles. The number of rotatable bonds is 7. The Morgan fingerprint density at radius 3 is 2.96 bits per heavy atom. The van der Waals surface area contributed by atoms with Gasteiger partial charge in [-0.05, 0) is 23.9 Å². The van der Waals surface area contributed by atoms with E-state index in [1.807, 2.05) is 39.9 Å². The molecule has 2 N–H and O–H groups in total. The number of ether oxygens (including phenoxy) is 1. The van der Waals surface area contributed by atoms with Crippen LogP contribution in [0, 0.1) is 0 Å². The number of carbonyl (C=O) groups is 2. The van der Waals surface area contributed by atoms with E-state index in [0.29, 0.717) is 38.0 Å². The SMILES string of the molecule is COc1ccccc1C1CNCCN1C(=O)CCCNC(=O)c1ccsc1. The summed E-state index contributed by atoms with van der Waals surface area (Å²) >= 11 is 1.49. The summed E-state index contributed by atoms with van der Waals surface area (Å²) in [5.74, 6) is 0.821. The Morgan fingerprint density at radius 2 is 2.19 bits per heavy atom. The Morgan fingerprint density at radius 1 is 1.33 bits per heavy atom. The Hall–Kier alpha value is -2.38. The maximum absolute atomic E-state index is 12.8. The third-order valence-electron chi connectivity index (χ3n) is 4.70. The third kappa shape index (κ3) is 4.87. The van der Waals surface area contributed by atoms with Crippen LogP contribution in [-0.2, 0) is 4.79 Å². The Labute approximate surface area is 163 Å². The largest absolute Gasteiger partial charge is 0.496 e. The summed E-state index contributed by atoms with van der Waals surface area (Å²) in [7, 11) is 1.65. The van der Waals surface area contributed by atoms with Crippen LogP contribution in [0.25, 0.3) is 0 Å². The highest BCUT2D eigenvalue weighted by Crippen LogP contribution is 2.30. The predicted octanol–water partition coefficient (Wildman–Crippen LogP) is 2.44. The van der Waals surface area contributed by atoms with Crippen LogP contribution in [0.2, 0.25) is 0 Å². The van der Waals surface area contributed by atoms with Gasteiger partial charge in [-0.25, -0.2) is 0 Å². The molecule has 1 aliphatic rings. The molecule has 2 amide bonds. The molecular weight excluding hydrogens is 362 g/mol. The lowest BCUT2D eigenvalue weighted by atomic mass is 10.0. The summed E-state index contributed by atoms with van der Waals surface area (Å²) in [6.45, 7) is 2.65. The zero-order valence-electron chi connectivity index (χ0n) is 15.4. The van der Waals surface area contributed by atoms with Gasteiger partial charge in [0, 0.05) is 49.1 Å². The minimum atomic E-state index is -0.0854. The van der Waals surface area contributed by atoms with E-state index in [4.69, 9.17) is 4.74 Å². The first-order valence-corrected chi connectivity index (χ1v) is 10.1. The molecule has 1 fully saturated rings. The van der Waals surface area contributed by atoms with Crippen molar-refractivity contribution in [2.45, 2.75) is 18.9 Å². The molecule has 2 aromatic rings. The van der Waals surface area contributed by atoms with E-state index in [0.717, 1.165) is 17.9 Å². The molecule has 3 rings (SSSR count). The van der Waals surface area contributed by atoms with Crippen molar-refractivity contribution in [3.63, 3.8) is 0 Å². The zero-order chi connectivity index (χ0) is 19.1. The van der Waals surface area contributed by atoms with Crippen molar-refractivity contribution in [3.05, 3.63) is 52.2 Å². The maximum Gasteiger partial charge on any atom is 0.252 e. The monoisotopic (exact) mass is 387 g/mol. The Bertz CT molecular complexity index is 764. The van der Waals surface area contributed by atoms with Crippen LogP contribution in [0.1, 0.15) is 34.8 Å². The molecule has 0 saturated carbocycles. The van der Waals surface area contributed by atoms with Crippen molar-refractivity contribution in [2.75, 3.05) is 33.3 Å². The minimum absolute atomic E-state index is 0.0391. The fourth-order valence-corrected chi connectivity index (χ4v) is 3.94. The average Bonchev–Trinajstić information content (AvgIpc) is 3.26. The number of para-hydroxylation sites is 1. The predicted molar refractivity (Wildman–Crippen MR) is 106 cm³/mol. The van der Waals surface area contributed by atoms with Crippen molar-refractivity contribution in [2.24, 2.45) is 0 Å². The van der Waals surface area contributed by atoms with Gasteiger partial charge < -0.3 is 20.3 Å². The van der Waals surface area contributed by atoms with Crippen LogP contribution in [0.4, 0.5) is 0 Å². The van der Waals surface area contributed by atoms with Gasteiger partial charge >= 0.3 is 0 Å². The summed E-state index contributed by atoms with van der Waals surface area (Å²) < 4.78 is 5.47. The lowest BCUT2D eigenvalue weighted by molar-refractivity contribution is -0.134. The summed E-state index contributed by atoms with van der Waals surface area (Å²) in [6.07, 6.45) is 1.03. The summed E-state index contributed by atoms with van der Waals surface area (Å²) in [5, 5.41) is 9.93. The van der Waals surface area contributed by atoms with E-state index >= 15 is 0 Å². The molecule has 6 nitrogen and oxygen atoms in total. The van der Waals surface area contributed by atoms with Crippen molar-refractivity contribution in [1.29, 1.82) is 0 Å². The van der Waals surface area contributed by atoms with E-state index in [-0.39, 0.29) is 17.9 Å². The minimum Gasteiger partial charge on any atom is -0.496 e. The van der Waals surface area contributed by atoms with E-state index < -0.39 is 0 Å². The number of benzene rings is 1. The number of carbonyl (C=O) groups excluding carboxylic acids is 2. The van der Waals surface area contributed by atoms with Gasteiger partial charge in [0.2, 0.25) is 5.91 Å². The third-order valence-corrected chi connectivity index (χ3v) is 5.38. The van der Waals surface area contributed by atoms with Crippen LogP contribution in [-0.4, -0.2) is 50.0 Å². The number of thiophene rings is 1. The molecule has 0 aliphatic carbocycles. The van der Waals surface area contributed by atoms with Gasteiger partial charge in [-0.3, -0.25) is 9.59 Å². The van der Waals surface area contributed by atoms with Crippen molar-refractivity contribution in [1.82, 2.24) is 15.5 Å². The molecule has 27 heavy (non-hydrogen) atoms. The van der Waals surface area contributed by atoms with Crippen LogP contribution < -0.4 is 15.4 Å². The maximum atomic E-state index is 12.8. The highest BCUT2D eigenvalue weighted by Gasteiger charge is 2.29. The molecule has 1 unspecified atom stereocenters. The number of hydrogen-bond donors (Lipinski definition) is 2. The quantitative estimate of drug-likeness (QED) is 0.716. The number of methoxy groups -OCH3 is 1. The first-order valence-electron chi connectivity index (χ1n) is 9.14. The van der Waals surface area contributed by atoms with Gasteiger partial charge in [0.25, 0.3) is 5.91 Å². The van der Waals surface area contributed by atoms with Crippen LogP contribution >= 0.6 is 11.3 Å². The number of hydrogen-bond acceptors (Lipinski definition) is 5. The second-order valence-electron chi connectivity index (χ2n) is 6.42. The van der Waals surface area contributed by atoms with Gasteiger partial charge in [0.15, 0.2) is 0 Å². The number of nitrogens with one attached hydrogen (secondary N) is 2. The topological polar surface area (TPSA) is 70.7 Å². The second-order valence-corrected chi connectivity index (χ2v) is 7.20. The molecule has 1 aliphatic heterocycles. The van der Waals surface area contributed by atoms with Gasteiger partial charge in [-0.15, -0.1) is 0 Å². The lowest BCUT2D eigenvalue weighted by Gasteiger charge is -2.37. The molecule has 144 valence electrons. The van der Waals surface area contributed by atoms with E-state index in [2.05, 4.69) is 10.6 Å². The zero-order valence-corrected chi connectivity index (χ0v) is 16.3. The van der Waals surface area contributed by atoms with Gasteiger partial charge in [-0.1, -0.05) is 18.2 Å². The Balaban J connectivity index is 1.55. The van der Waals surface area contributed by atoms with Crippen molar-refractivity contribution >= 4 is 23.2 Å². The molecule has 0 bridgehead atoms. The van der Waals surface area contributed by atoms with Crippen LogP contribution in [0.3, 0.4) is 0 Å². The number of nitrogens with zero attached hydrogens (tertiary/aromatic N) is 1. The fraction of sp³-hybridized carbons (Fsp3) is 0.400. The molecule has 1 aromatic heterocycles. The molecule has 7 heteroatoms. The first-order chi connectivity index (χ1) is 13.2. The average molecular weight is 388 g/mol. The highest BCUT2D eigenvalue weighted by atomic mass is 32.1. The Kier molecular flexibility index (Phi) is 6.84.